The van der Waals surface area contributed by atoms with E-state index in [0.717, 1.165) is 38.5 Å². The molecule has 0 amide bonds. The highest BCUT2D eigenvalue weighted by molar-refractivity contribution is 4.90. The van der Waals surface area contributed by atoms with Gasteiger partial charge in [-0.25, -0.2) is 0 Å². The van der Waals surface area contributed by atoms with E-state index in [0.29, 0.717) is 12.8 Å². The summed E-state index contributed by atoms with van der Waals surface area (Å²) in [5.41, 5.74) is 0. The Morgan fingerprint density at radius 3 is 1.59 bits per heavy atom. The summed E-state index contributed by atoms with van der Waals surface area (Å²) in [6.45, 7) is 4.16. The normalized spacial score (nSPS) is 12.9. The maximum atomic E-state index is 13.0. The fraction of sp³-hybridized carbons (Fsp3) is 0.714. The highest BCUT2D eigenvalue weighted by Gasteiger charge is 2.00. The smallest absolute Gasteiger partial charge is 0.275 e. The second-order valence-electron chi connectivity index (χ2n) is 4.11. The first-order chi connectivity index (χ1) is 8.20. The van der Waals surface area contributed by atoms with Crippen molar-refractivity contribution in [2.75, 3.05) is 0 Å². The van der Waals surface area contributed by atoms with Crippen molar-refractivity contribution in [3.8, 4) is 0 Å². The molecule has 0 saturated heterocycles. The zero-order chi connectivity index (χ0) is 12.9. The minimum Gasteiger partial charge on any atom is -0.404 e. The van der Waals surface area contributed by atoms with Crippen molar-refractivity contribution < 1.29 is 13.5 Å². The van der Waals surface area contributed by atoms with Crippen molar-refractivity contribution >= 4 is 0 Å². The van der Waals surface area contributed by atoms with Crippen LogP contribution >= 0.6 is 0 Å². The number of rotatable bonds is 10. The Morgan fingerprint density at radius 2 is 1.24 bits per heavy atom. The summed E-state index contributed by atoms with van der Waals surface area (Å²) in [6, 6.07) is -1.66. The van der Waals surface area contributed by atoms with Gasteiger partial charge in [0.25, 0.3) is 12.0 Å². The zero-order valence-corrected chi connectivity index (χ0v) is 11.0. The number of hydrogen-bond acceptors (Lipinski definition) is 1. The van der Waals surface area contributed by atoms with E-state index in [-0.39, 0.29) is 0 Å². The molecule has 0 aliphatic rings. The van der Waals surface area contributed by atoms with Gasteiger partial charge in [0.15, 0.2) is 0 Å². The first-order valence-corrected chi connectivity index (χ1v) is 6.59. The molecule has 100 valence electrons. The van der Waals surface area contributed by atoms with Gasteiger partial charge < -0.3 is 4.74 Å². The van der Waals surface area contributed by atoms with Crippen LogP contribution in [0.2, 0.25) is 0 Å². The van der Waals surface area contributed by atoms with E-state index in [2.05, 4.69) is 18.6 Å². The first-order valence-electron chi connectivity index (χ1n) is 6.59. The lowest BCUT2D eigenvalue weighted by atomic mass is 10.2. The minimum absolute atomic E-state index is 0.600. The molecule has 17 heavy (non-hydrogen) atoms. The van der Waals surface area contributed by atoms with Gasteiger partial charge in [-0.05, 0) is 37.8 Å². The maximum absolute atomic E-state index is 13.0. The Kier molecular flexibility index (Phi) is 11.0. The molecule has 0 unspecified atom stereocenters. The quantitative estimate of drug-likeness (QED) is 0.350. The molecular weight excluding hydrogens is 222 g/mol. The van der Waals surface area contributed by atoms with Crippen LogP contribution in [0, 0.1) is 0 Å². The highest BCUT2D eigenvalue weighted by Crippen LogP contribution is 2.13. The molecular formula is C14H24F2O. The lowest BCUT2D eigenvalue weighted by Crippen LogP contribution is -1.84. The number of hydrogen-bond donors (Lipinski definition) is 0. The average Bonchev–Trinajstić information content (AvgIpc) is 2.30. The Bertz CT molecular complexity index is 210. The molecule has 0 spiro atoms. The van der Waals surface area contributed by atoms with Gasteiger partial charge in [-0.15, -0.1) is 0 Å². The van der Waals surface area contributed by atoms with Gasteiger partial charge in [0.05, 0.1) is 0 Å². The van der Waals surface area contributed by atoms with Crippen LogP contribution in [0.1, 0.15) is 65.2 Å². The third-order valence-corrected chi connectivity index (χ3v) is 2.42. The molecule has 0 N–H and O–H groups in total. The molecule has 0 rings (SSSR count). The molecule has 0 heterocycles. The molecule has 0 aromatic rings. The molecule has 0 aromatic heterocycles. The largest absolute Gasteiger partial charge is 0.404 e. The molecule has 0 aliphatic carbocycles. The summed E-state index contributed by atoms with van der Waals surface area (Å²) in [4.78, 5) is 0. The topological polar surface area (TPSA) is 9.23 Å². The summed E-state index contributed by atoms with van der Waals surface area (Å²) >= 11 is 0. The van der Waals surface area contributed by atoms with Crippen molar-refractivity contribution in [1.82, 2.24) is 0 Å². The second kappa shape index (κ2) is 11.6. The number of ether oxygens (including phenoxy) is 1. The van der Waals surface area contributed by atoms with E-state index in [1.54, 1.807) is 0 Å². The van der Waals surface area contributed by atoms with E-state index in [9.17, 15) is 8.78 Å². The Labute approximate surface area is 104 Å². The van der Waals surface area contributed by atoms with Crippen LogP contribution in [-0.4, -0.2) is 0 Å². The summed E-state index contributed by atoms with van der Waals surface area (Å²) < 4.78 is 30.4. The standard InChI is InChI=1S/C14H24F2O/c1-3-5-7-9-11-13(15)17-14(16)12-10-8-6-4-2/h11-12H,3-10H2,1-2H3/b13-11+,14-12+. The number of halogens is 2. The minimum atomic E-state index is -0.828. The maximum Gasteiger partial charge on any atom is 0.275 e. The van der Waals surface area contributed by atoms with Gasteiger partial charge in [0.1, 0.15) is 0 Å². The zero-order valence-electron chi connectivity index (χ0n) is 11.0. The molecule has 0 atom stereocenters. The summed E-state index contributed by atoms with van der Waals surface area (Å²) in [6.07, 6.45) is 9.91. The lowest BCUT2D eigenvalue weighted by Gasteiger charge is -1.99. The van der Waals surface area contributed by atoms with Gasteiger partial charge in [-0.3, -0.25) is 0 Å². The van der Waals surface area contributed by atoms with Gasteiger partial charge >= 0.3 is 0 Å². The monoisotopic (exact) mass is 246 g/mol. The fourth-order valence-electron chi connectivity index (χ4n) is 1.40. The van der Waals surface area contributed by atoms with Crippen LogP contribution in [0.3, 0.4) is 0 Å². The Hall–Kier alpha value is -0.860. The van der Waals surface area contributed by atoms with Crippen LogP contribution in [0.4, 0.5) is 8.78 Å². The lowest BCUT2D eigenvalue weighted by molar-refractivity contribution is 0.152. The molecule has 3 heteroatoms. The fourth-order valence-corrected chi connectivity index (χ4v) is 1.40. The highest BCUT2D eigenvalue weighted by atomic mass is 19.2. The van der Waals surface area contributed by atoms with E-state index < -0.39 is 12.0 Å². The van der Waals surface area contributed by atoms with E-state index in [4.69, 9.17) is 0 Å². The second-order valence-corrected chi connectivity index (χ2v) is 4.11. The molecule has 0 aromatic carbocycles. The van der Waals surface area contributed by atoms with Crippen LogP contribution in [0.5, 0.6) is 0 Å². The average molecular weight is 246 g/mol. The molecule has 0 fully saturated rings. The van der Waals surface area contributed by atoms with Gasteiger partial charge in [0, 0.05) is 0 Å². The van der Waals surface area contributed by atoms with Crippen LogP contribution in [0.25, 0.3) is 0 Å². The van der Waals surface area contributed by atoms with E-state index in [1.807, 2.05) is 0 Å². The van der Waals surface area contributed by atoms with Crippen LogP contribution in [0.15, 0.2) is 24.2 Å². The van der Waals surface area contributed by atoms with Crippen molar-refractivity contribution in [3.63, 3.8) is 0 Å². The first kappa shape index (κ1) is 16.1. The number of allylic oxidation sites excluding steroid dienone is 2. The summed E-state index contributed by atoms with van der Waals surface area (Å²) in [5.74, 6) is 0. The van der Waals surface area contributed by atoms with Crippen LogP contribution < -0.4 is 0 Å². The SMILES string of the molecule is CCCCC/C=C(\F)O/C(F)=C/CCCCC. The van der Waals surface area contributed by atoms with E-state index in [1.165, 1.54) is 12.2 Å². The van der Waals surface area contributed by atoms with Crippen molar-refractivity contribution in [3.05, 3.63) is 24.2 Å². The third-order valence-electron chi connectivity index (χ3n) is 2.42. The molecule has 1 nitrogen and oxygen atoms in total. The van der Waals surface area contributed by atoms with Gasteiger partial charge in [-0.1, -0.05) is 39.5 Å². The summed E-state index contributed by atoms with van der Waals surface area (Å²) in [5, 5.41) is 0. The van der Waals surface area contributed by atoms with Gasteiger partial charge in [-0.2, -0.15) is 8.78 Å². The molecule has 0 radical (unpaired) electrons. The Morgan fingerprint density at radius 1 is 0.824 bits per heavy atom. The predicted molar refractivity (Wildman–Crippen MR) is 67.8 cm³/mol. The van der Waals surface area contributed by atoms with Crippen molar-refractivity contribution in [2.45, 2.75) is 65.2 Å². The third kappa shape index (κ3) is 11.4. The predicted octanol–water partition coefficient (Wildman–Crippen LogP) is 5.79. The molecule has 0 aliphatic heterocycles. The van der Waals surface area contributed by atoms with Gasteiger partial charge in [0.2, 0.25) is 0 Å². The van der Waals surface area contributed by atoms with Crippen molar-refractivity contribution in [2.24, 2.45) is 0 Å². The van der Waals surface area contributed by atoms with E-state index >= 15 is 0 Å². The van der Waals surface area contributed by atoms with Crippen LogP contribution in [-0.2, 0) is 4.74 Å². The Balaban J connectivity index is 3.73. The summed E-state index contributed by atoms with van der Waals surface area (Å²) in [7, 11) is 0. The molecule has 0 saturated carbocycles. The molecule has 0 bridgehead atoms. The number of unbranched alkanes of at least 4 members (excludes halogenated alkanes) is 6. The van der Waals surface area contributed by atoms with Crippen molar-refractivity contribution in [1.29, 1.82) is 0 Å².